The average molecular weight is 224 g/mol. The maximum absolute atomic E-state index is 13.3. The number of nitrogens with one attached hydrogen (secondary N) is 2. The highest BCUT2D eigenvalue weighted by atomic mass is 19.2. The van der Waals surface area contributed by atoms with E-state index in [9.17, 15) is 8.78 Å². The Kier molecular flexibility index (Phi) is 2.72. The lowest BCUT2D eigenvalue weighted by molar-refractivity contribution is 0.511. The Bertz CT molecular complexity index is 482. The van der Waals surface area contributed by atoms with Gasteiger partial charge in [-0.2, -0.15) is 5.10 Å². The number of aromatic amines is 1. The smallest absolute Gasteiger partial charge is 0.183 e. The maximum atomic E-state index is 13.3. The molecule has 2 rings (SSSR count). The molecular formula is C10H10F2N4. The molecular weight excluding hydrogens is 214 g/mol. The van der Waals surface area contributed by atoms with Crippen LogP contribution in [0.2, 0.25) is 0 Å². The Hall–Kier alpha value is -2.11. The van der Waals surface area contributed by atoms with Crippen LogP contribution in [-0.2, 0) is 6.54 Å². The van der Waals surface area contributed by atoms with Crippen molar-refractivity contribution in [1.29, 1.82) is 0 Å². The van der Waals surface area contributed by atoms with E-state index in [2.05, 4.69) is 15.5 Å². The quantitative estimate of drug-likeness (QED) is 0.697. The molecule has 2 aromatic rings. The van der Waals surface area contributed by atoms with Gasteiger partial charge in [-0.05, 0) is 18.2 Å². The van der Waals surface area contributed by atoms with E-state index < -0.39 is 11.6 Å². The Morgan fingerprint density at radius 1 is 1.31 bits per heavy atom. The van der Waals surface area contributed by atoms with E-state index in [-0.39, 0.29) is 11.4 Å². The summed E-state index contributed by atoms with van der Waals surface area (Å²) in [5.41, 5.74) is 6.42. The molecule has 6 heteroatoms. The third kappa shape index (κ3) is 1.95. The van der Waals surface area contributed by atoms with Crippen molar-refractivity contribution < 1.29 is 8.78 Å². The Balaban J connectivity index is 2.18. The SMILES string of the molecule is Nc1ccc(F)c(F)c1NCc1ccn[nH]1. The molecule has 0 saturated heterocycles. The fourth-order valence-corrected chi connectivity index (χ4v) is 1.31. The molecule has 16 heavy (non-hydrogen) atoms. The summed E-state index contributed by atoms with van der Waals surface area (Å²) in [6.07, 6.45) is 1.57. The zero-order valence-corrected chi connectivity index (χ0v) is 8.30. The molecule has 0 unspecified atom stereocenters. The summed E-state index contributed by atoms with van der Waals surface area (Å²) in [6, 6.07) is 4.03. The normalized spacial score (nSPS) is 10.4. The molecule has 84 valence electrons. The minimum Gasteiger partial charge on any atom is -0.397 e. The van der Waals surface area contributed by atoms with E-state index in [0.29, 0.717) is 6.54 Å². The number of hydrogen-bond donors (Lipinski definition) is 3. The molecule has 0 spiro atoms. The lowest BCUT2D eigenvalue weighted by Crippen LogP contribution is -2.06. The van der Waals surface area contributed by atoms with Crippen molar-refractivity contribution in [3.63, 3.8) is 0 Å². The van der Waals surface area contributed by atoms with E-state index in [0.717, 1.165) is 11.8 Å². The zero-order valence-electron chi connectivity index (χ0n) is 8.30. The van der Waals surface area contributed by atoms with Gasteiger partial charge in [0.15, 0.2) is 11.6 Å². The van der Waals surface area contributed by atoms with E-state index in [4.69, 9.17) is 5.73 Å². The summed E-state index contributed by atoms with van der Waals surface area (Å²) in [5, 5.41) is 9.14. The molecule has 0 aliphatic rings. The molecule has 0 bridgehead atoms. The minimum absolute atomic E-state index is 0.0328. The lowest BCUT2D eigenvalue weighted by atomic mass is 10.2. The molecule has 0 aliphatic carbocycles. The Labute approximate surface area is 90.5 Å². The number of halogens is 2. The summed E-state index contributed by atoms with van der Waals surface area (Å²) in [5.74, 6) is -1.90. The number of hydrogen-bond acceptors (Lipinski definition) is 3. The molecule has 1 aromatic heterocycles. The van der Waals surface area contributed by atoms with Crippen LogP contribution in [0.25, 0.3) is 0 Å². The molecule has 4 N–H and O–H groups in total. The first-order valence-corrected chi connectivity index (χ1v) is 4.64. The molecule has 0 atom stereocenters. The third-order valence-electron chi connectivity index (χ3n) is 2.14. The summed E-state index contributed by atoms with van der Waals surface area (Å²) in [7, 11) is 0. The van der Waals surface area contributed by atoms with Gasteiger partial charge < -0.3 is 11.1 Å². The number of rotatable bonds is 3. The molecule has 4 nitrogen and oxygen atoms in total. The zero-order chi connectivity index (χ0) is 11.5. The average Bonchev–Trinajstić information content (AvgIpc) is 2.77. The Morgan fingerprint density at radius 3 is 2.81 bits per heavy atom. The summed E-state index contributed by atoms with van der Waals surface area (Å²) in [6.45, 7) is 0.296. The first-order valence-electron chi connectivity index (χ1n) is 4.64. The highest BCUT2D eigenvalue weighted by molar-refractivity contribution is 5.66. The van der Waals surface area contributed by atoms with Crippen LogP contribution in [0, 0.1) is 11.6 Å². The fourth-order valence-electron chi connectivity index (χ4n) is 1.31. The van der Waals surface area contributed by atoms with Crippen LogP contribution in [0.4, 0.5) is 20.2 Å². The lowest BCUT2D eigenvalue weighted by Gasteiger charge is -2.09. The monoisotopic (exact) mass is 224 g/mol. The van der Waals surface area contributed by atoms with Gasteiger partial charge in [-0.3, -0.25) is 5.10 Å². The van der Waals surface area contributed by atoms with Crippen molar-refractivity contribution in [2.24, 2.45) is 0 Å². The molecule has 0 aliphatic heterocycles. The standard InChI is InChI=1S/C10H10F2N4/c11-7-1-2-8(13)10(9(7)12)14-5-6-3-4-15-16-6/h1-4,14H,5,13H2,(H,15,16). The maximum Gasteiger partial charge on any atom is 0.183 e. The number of benzene rings is 1. The van der Waals surface area contributed by atoms with Gasteiger partial charge in [0.05, 0.1) is 23.6 Å². The van der Waals surface area contributed by atoms with Gasteiger partial charge in [-0.15, -0.1) is 0 Å². The first-order chi connectivity index (χ1) is 7.68. The molecule has 0 radical (unpaired) electrons. The topological polar surface area (TPSA) is 66.7 Å². The largest absolute Gasteiger partial charge is 0.397 e. The number of H-pyrrole nitrogens is 1. The Morgan fingerprint density at radius 2 is 2.12 bits per heavy atom. The van der Waals surface area contributed by atoms with Crippen molar-refractivity contribution in [3.05, 3.63) is 41.7 Å². The van der Waals surface area contributed by atoms with Crippen molar-refractivity contribution in [2.45, 2.75) is 6.54 Å². The molecule has 0 amide bonds. The highest BCUT2D eigenvalue weighted by Crippen LogP contribution is 2.24. The van der Waals surface area contributed by atoms with E-state index in [1.807, 2.05) is 0 Å². The van der Waals surface area contributed by atoms with Gasteiger partial charge in [0.1, 0.15) is 0 Å². The second-order valence-electron chi connectivity index (χ2n) is 3.26. The van der Waals surface area contributed by atoms with E-state index >= 15 is 0 Å². The number of nitrogens with two attached hydrogens (primary N) is 1. The highest BCUT2D eigenvalue weighted by Gasteiger charge is 2.11. The van der Waals surface area contributed by atoms with Crippen LogP contribution in [0.5, 0.6) is 0 Å². The number of nitrogen functional groups attached to an aromatic ring is 1. The molecule has 0 saturated carbocycles. The van der Waals surface area contributed by atoms with Gasteiger partial charge in [0.25, 0.3) is 0 Å². The predicted octanol–water partition coefficient (Wildman–Crippen LogP) is 1.88. The summed E-state index contributed by atoms with van der Waals surface area (Å²) >= 11 is 0. The van der Waals surface area contributed by atoms with Crippen LogP contribution in [0.15, 0.2) is 24.4 Å². The summed E-state index contributed by atoms with van der Waals surface area (Å²) in [4.78, 5) is 0. The van der Waals surface area contributed by atoms with Crippen LogP contribution in [-0.4, -0.2) is 10.2 Å². The van der Waals surface area contributed by atoms with E-state index in [1.54, 1.807) is 12.3 Å². The van der Waals surface area contributed by atoms with Crippen molar-refractivity contribution in [1.82, 2.24) is 10.2 Å². The third-order valence-corrected chi connectivity index (χ3v) is 2.14. The van der Waals surface area contributed by atoms with Gasteiger partial charge in [-0.1, -0.05) is 0 Å². The van der Waals surface area contributed by atoms with E-state index in [1.165, 1.54) is 6.07 Å². The first kappa shape index (κ1) is 10.4. The molecule has 1 aromatic carbocycles. The van der Waals surface area contributed by atoms with Crippen LogP contribution < -0.4 is 11.1 Å². The van der Waals surface area contributed by atoms with Crippen LogP contribution in [0.3, 0.4) is 0 Å². The molecule has 1 heterocycles. The number of aromatic nitrogens is 2. The second-order valence-corrected chi connectivity index (χ2v) is 3.26. The van der Waals surface area contributed by atoms with Crippen molar-refractivity contribution in [3.8, 4) is 0 Å². The van der Waals surface area contributed by atoms with Gasteiger partial charge in [-0.25, -0.2) is 8.78 Å². The van der Waals surface area contributed by atoms with Crippen LogP contribution >= 0.6 is 0 Å². The van der Waals surface area contributed by atoms with Crippen LogP contribution in [0.1, 0.15) is 5.69 Å². The van der Waals surface area contributed by atoms with Gasteiger partial charge >= 0.3 is 0 Å². The number of nitrogens with zero attached hydrogens (tertiary/aromatic N) is 1. The molecule has 0 fully saturated rings. The predicted molar refractivity (Wildman–Crippen MR) is 56.7 cm³/mol. The van der Waals surface area contributed by atoms with Crippen molar-refractivity contribution >= 4 is 11.4 Å². The van der Waals surface area contributed by atoms with Crippen molar-refractivity contribution in [2.75, 3.05) is 11.1 Å². The number of anilines is 2. The summed E-state index contributed by atoms with van der Waals surface area (Å²) < 4.78 is 26.3. The van der Waals surface area contributed by atoms with Gasteiger partial charge in [0.2, 0.25) is 0 Å². The minimum atomic E-state index is -0.973. The fraction of sp³-hybridized carbons (Fsp3) is 0.100. The second kappa shape index (κ2) is 4.18. The van der Waals surface area contributed by atoms with Gasteiger partial charge in [0, 0.05) is 6.20 Å².